The quantitative estimate of drug-likeness (QED) is 0.168. The minimum absolute atomic E-state index is 0.564. The fourth-order valence-electron chi connectivity index (χ4n) is 1.95. The van der Waals surface area contributed by atoms with Crippen LogP contribution in [-0.4, -0.2) is 82.0 Å². The molecular weight excluding hydrogens is 420 g/mol. The smallest absolute Gasteiger partial charge is 0.294 e. The summed E-state index contributed by atoms with van der Waals surface area (Å²) in [5, 5.41) is 45.8. The molecule has 0 rings (SSSR count). The van der Waals surface area contributed by atoms with Gasteiger partial charge >= 0.3 is 0 Å². The molecule has 0 aromatic rings. The standard InChI is InChI=1S/C8H14N6O15/c15-10(16)25-3-1-9(2-4-26-11(17)18)8(5-27-12(19)20,6-28-13(21)22)7-29-14(23)24/h1-7H2. The van der Waals surface area contributed by atoms with E-state index in [-0.39, 0.29) is 0 Å². The van der Waals surface area contributed by atoms with Crippen LogP contribution in [0.3, 0.4) is 0 Å². The highest BCUT2D eigenvalue weighted by molar-refractivity contribution is 4.90. The second kappa shape index (κ2) is 12.4. The molecule has 21 heteroatoms. The number of hydrogen-bond acceptors (Lipinski definition) is 16. The molecular formula is C8H14N6O15. The third-order valence-corrected chi connectivity index (χ3v) is 3.10. The van der Waals surface area contributed by atoms with E-state index in [0.29, 0.717) is 0 Å². The topological polar surface area (TPSA) is 265 Å². The molecule has 166 valence electrons. The molecule has 0 atom stereocenters. The van der Waals surface area contributed by atoms with Gasteiger partial charge in [-0.2, -0.15) is 0 Å². The third-order valence-electron chi connectivity index (χ3n) is 3.10. The normalized spacial score (nSPS) is 10.7. The van der Waals surface area contributed by atoms with Gasteiger partial charge in [0, 0.05) is 13.1 Å². The first-order valence-electron chi connectivity index (χ1n) is 7.10. The first-order valence-corrected chi connectivity index (χ1v) is 7.10. The van der Waals surface area contributed by atoms with Crippen LogP contribution in [0.1, 0.15) is 0 Å². The van der Waals surface area contributed by atoms with E-state index in [0.717, 1.165) is 4.90 Å². The molecule has 0 radical (unpaired) electrons. The Hall–Kier alpha value is -4.04. The van der Waals surface area contributed by atoms with Crippen LogP contribution in [0, 0.1) is 50.6 Å². The molecule has 0 N–H and O–H groups in total. The molecule has 0 spiro atoms. The first-order chi connectivity index (χ1) is 13.5. The van der Waals surface area contributed by atoms with Crippen molar-refractivity contribution >= 4 is 0 Å². The van der Waals surface area contributed by atoms with Gasteiger partial charge in [0.25, 0.3) is 25.4 Å². The minimum Gasteiger partial charge on any atom is -0.313 e. The highest BCUT2D eigenvalue weighted by atomic mass is 17.0. The van der Waals surface area contributed by atoms with Crippen molar-refractivity contribution in [2.24, 2.45) is 0 Å². The molecule has 21 nitrogen and oxygen atoms in total. The Morgan fingerprint density at radius 2 is 0.828 bits per heavy atom. The molecule has 0 aromatic heterocycles. The van der Waals surface area contributed by atoms with E-state index in [1.165, 1.54) is 0 Å². The zero-order chi connectivity index (χ0) is 22.4. The van der Waals surface area contributed by atoms with Crippen LogP contribution in [0.5, 0.6) is 0 Å². The van der Waals surface area contributed by atoms with Gasteiger partial charge in [0.2, 0.25) is 0 Å². The second-order valence-electron chi connectivity index (χ2n) is 4.82. The second-order valence-corrected chi connectivity index (χ2v) is 4.82. The van der Waals surface area contributed by atoms with E-state index in [1.807, 2.05) is 0 Å². The summed E-state index contributed by atoms with van der Waals surface area (Å²) in [4.78, 5) is 73.6. The molecule has 0 unspecified atom stereocenters. The maximum absolute atomic E-state index is 10.5. The highest BCUT2D eigenvalue weighted by Crippen LogP contribution is 2.19. The van der Waals surface area contributed by atoms with Gasteiger partial charge in [-0.05, 0) is 0 Å². The van der Waals surface area contributed by atoms with Crippen LogP contribution in [0.4, 0.5) is 0 Å². The Kier molecular flexibility index (Phi) is 10.6. The Balaban J connectivity index is 5.76. The van der Waals surface area contributed by atoms with Crippen LogP contribution in [-0.2, 0) is 24.2 Å². The van der Waals surface area contributed by atoms with E-state index in [2.05, 4.69) is 24.2 Å². The molecule has 0 saturated heterocycles. The molecule has 0 heterocycles. The highest BCUT2D eigenvalue weighted by Gasteiger charge is 2.41. The lowest BCUT2D eigenvalue weighted by Crippen LogP contribution is -2.61. The lowest BCUT2D eigenvalue weighted by Gasteiger charge is -2.41. The first kappa shape index (κ1) is 25.0. The van der Waals surface area contributed by atoms with Crippen molar-refractivity contribution in [2.45, 2.75) is 5.54 Å². The lowest BCUT2D eigenvalue weighted by atomic mass is 10.0. The van der Waals surface area contributed by atoms with Crippen molar-refractivity contribution in [3.63, 3.8) is 0 Å². The lowest BCUT2D eigenvalue weighted by molar-refractivity contribution is -0.781. The van der Waals surface area contributed by atoms with Gasteiger partial charge < -0.3 is 24.2 Å². The molecule has 29 heavy (non-hydrogen) atoms. The predicted molar refractivity (Wildman–Crippen MR) is 79.0 cm³/mol. The summed E-state index contributed by atoms with van der Waals surface area (Å²) >= 11 is 0. The third kappa shape index (κ3) is 11.3. The number of hydrogen-bond donors (Lipinski definition) is 0. The largest absolute Gasteiger partial charge is 0.313 e. The van der Waals surface area contributed by atoms with Crippen molar-refractivity contribution in [3.05, 3.63) is 50.6 Å². The molecule has 0 aliphatic heterocycles. The average Bonchev–Trinajstić information content (AvgIpc) is 2.59. The Labute approximate surface area is 158 Å². The molecule has 0 saturated carbocycles. The summed E-state index contributed by atoms with van der Waals surface area (Å²) in [5.41, 5.74) is -2.17. The van der Waals surface area contributed by atoms with Gasteiger partial charge in [0.15, 0.2) is 0 Å². The molecule has 0 fully saturated rings. The van der Waals surface area contributed by atoms with Crippen molar-refractivity contribution in [3.8, 4) is 0 Å². The Bertz CT molecular complexity index is 534. The summed E-state index contributed by atoms with van der Waals surface area (Å²) in [6.45, 7) is -5.93. The van der Waals surface area contributed by atoms with Gasteiger partial charge in [0.1, 0.15) is 33.0 Å². The van der Waals surface area contributed by atoms with E-state index < -0.39 is 77.1 Å². The van der Waals surface area contributed by atoms with Crippen molar-refractivity contribution in [2.75, 3.05) is 46.1 Å². The molecule has 0 aliphatic carbocycles. The van der Waals surface area contributed by atoms with Crippen LogP contribution >= 0.6 is 0 Å². The van der Waals surface area contributed by atoms with Crippen LogP contribution < -0.4 is 0 Å². The summed E-state index contributed by atoms with van der Waals surface area (Å²) in [5.74, 6) is 0. The maximum atomic E-state index is 10.5. The minimum atomic E-state index is -2.17. The zero-order valence-electron chi connectivity index (χ0n) is 14.3. The van der Waals surface area contributed by atoms with E-state index in [1.54, 1.807) is 0 Å². The summed E-state index contributed by atoms with van der Waals surface area (Å²) < 4.78 is 0. The van der Waals surface area contributed by atoms with Gasteiger partial charge in [-0.1, -0.05) is 0 Å². The van der Waals surface area contributed by atoms with Gasteiger partial charge in [-0.15, -0.1) is 50.6 Å². The summed E-state index contributed by atoms with van der Waals surface area (Å²) in [7, 11) is 0. The summed E-state index contributed by atoms with van der Waals surface area (Å²) in [6.07, 6.45) is 0. The van der Waals surface area contributed by atoms with Crippen LogP contribution in [0.15, 0.2) is 0 Å². The fourth-order valence-corrected chi connectivity index (χ4v) is 1.95. The number of rotatable bonds is 18. The monoisotopic (exact) mass is 434 g/mol. The maximum Gasteiger partial charge on any atom is 0.294 e. The van der Waals surface area contributed by atoms with E-state index in [9.17, 15) is 50.6 Å². The van der Waals surface area contributed by atoms with Gasteiger partial charge in [-0.25, -0.2) is 0 Å². The molecule has 0 aliphatic rings. The van der Waals surface area contributed by atoms with Crippen molar-refractivity contribution in [1.29, 1.82) is 0 Å². The Morgan fingerprint density at radius 1 is 0.552 bits per heavy atom. The van der Waals surface area contributed by atoms with Crippen molar-refractivity contribution < 1.29 is 49.6 Å². The molecule has 0 amide bonds. The van der Waals surface area contributed by atoms with Crippen LogP contribution in [0.2, 0.25) is 0 Å². The SMILES string of the molecule is O=[N+]([O-])OCCN(CCO[N+](=O)[O-])C(CO[N+](=O)[O-])(CO[N+](=O)[O-])CO[N+](=O)[O-]. The fraction of sp³-hybridized carbons (Fsp3) is 1.00. The zero-order valence-corrected chi connectivity index (χ0v) is 14.3. The molecule has 0 bridgehead atoms. The van der Waals surface area contributed by atoms with E-state index >= 15 is 0 Å². The van der Waals surface area contributed by atoms with E-state index in [4.69, 9.17) is 0 Å². The number of nitrogens with zero attached hydrogens (tertiary/aromatic N) is 6. The summed E-state index contributed by atoms with van der Waals surface area (Å²) in [6, 6.07) is 0. The van der Waals surface area contributed by atoms with Crippen LogP contribution in [0.25, 0.3) is 0 Å². The van der Waals surface area contributed by atoms with Gasteiger partial charge in [-0.3, -0.25) is 4.90 Å². The van der Waals surface area contributed by atoms with Crippen molar-refractivity contribution in [1.82, 2.24) is 4.90 Å². The molecule has 0 aromatic carbocycles. The van der Waals surface area contributed by atoms with Gasteiger partial charge in [0.05, 0.1) is 5.54 Å². The predicted octanol–water partition coefficient (Wildman–Crippen LogP) is -1.93. The Morgan fingerprint density at radius 3 is 1.07 bits per heavy atom. The average molecular weight is 434 g/mol.